The zero-order valence-corrected chi connectivity index (χ0v) is 11.0. The quantitative estimate of drug-likeness (QED) is 0.737. The van der Waals surface area contributed by atoms with Gasteiger partial charge in [-0.15, -0.1) is 0 Å². The Kier molecular flexibility index (Phi) is 5.07. The summed E-state index contributed by atoms with van der Waals surface area (Å²) in [5.41, 5.74) is 1.62. The summed E-state index contributed by atoms with van der Waals surface area (Å²) in [5.74, 6) is 0. The van der Waals surface area contributed by atoms with Gasteiger partial charge in [-0.3, -0.25) is 0 Å². The molecule has 0 spiro atoms. The molecule has 1 heterocycles. The summed E-state index contributed by atoms with van der Waals surface area (Å²) >= 11 is 0. The van der Waals surface area contributed by atoms with Crippen LogP contribution in [0.4, 0.5) is 0 Å². The average Bonchev–Trinajstić information content (AvgIpc) is 2.24. The molecule has 2 nitrogen and oxygen atoms in total. The van der Waals surface area contributed by atoms with Gasteiger partial charge in [0.1, 0.15) is 6.10 Å². The molecular weight excluding hydrogens is 198 g/mol. The van der Waals surface area contributed by atoms with Crippen molar-refractivity contribution < 1.29 is 4.74 Å². The predicted octanol–water partition coefficient (Wildman–Crippen LogP) is 3.40. The topological polar surface area (TPSA) is 21.3 Å². The molecule has 1 atom stereocenters. The van der Waals surface area contributed by atoms with Gasteiger partial charge in [0.05, 0.1) is 6.26 Å². The Morgan fingerprint density at radius 3 is 2.75 bits per heavy atom. The van der Waals surface area contributed by atoms with Crippen LogP contribution in [0, 0.1) is 0 Å². The molecule has 1 unspecified atom stereocenters. The number of hydrogen-bond acceptors (Lipinski definition) is 2. The number of rotatable bonds is 4. The molecule has 16 heavy (non-hydrogen) atoms. The highest BCUT2D eigenvalue weighted by Crippen LogP contribution is 2.14. The van der Waals surface area contributed by atoms with Gasteiger partial charge in [0.2, 0.25) is 0 Å². The van der Waals surface area contributed by atoms with Crippen LogP contribution in [0.15, 0.2) is 24.0 Å². The van der Waals surface area contributed by atoms with Crippen molar-refractivity contribution in [3.63, 3.8) is 0 Å². The smallest absolute Gasteiger partial charge is 0.117 e. The molecule has 1 rings (SSSR count). The summed E-state index contributed by atoms with van der Waals surface area (Å²) < 4.78 is 5.56. The minimum atomic E-state index is 0.182. The van der Waals surface area contributed by atoms with Gasteiger partial charge in [-0.2, -0.15) is 0 Å². The van der Waals surface area contributed by atoms with Crippen LogP contribution in [-0.2, 0) is 4.74 Å². The third-order valence-corrected chi connectivity index (χ3v) is 2.69. The summed E-state index contributed by atoms with van der Waals surface area (Å²) in [5, 5.41) is 3.52. The first kappa shape index (κ1) is 13.3. The van der Waals surface area contributed by atoms with Crippen LogP contribution in [0.2, 0.25) is 0 Å². The van der Waals surface area contributed by atoms with E-state index >= 15 is 0 Å². The van der Waals surface area contributed by atoms with Crippen molar-refractivity contribution in [2.75, 3.05) is 6.54 Å². The van der Waals surface area contributed by atoms with E-state index in [0.29, 0.717) is 0 Å². The highest BCUT2D eigenvalue weighted by molar-refractivity contribution is 5.09. The molecule has 0 aliphatic carbocycles. The summed E-state index contributed by atoms with van der Waals surface area (Å²) in [6, 6.07) is 0. The zero-order chi connectivity index (χ0) is 12.0. The van der Waals surface area contributed by atoms with E-state index < -0.39 is 0 Å². The minimum absolute atomic E-state index is 0.182. The Morgan fingerprint density at radius 1 is 1.50 bits per heavy atom. The van der Waals surface area contributed by atoms with Gasteiger partial charge < -0.3 is 10.1 Å². The molecule has 1 aliphatic heterocycles. The van der Waals surface area contributed by atoms with E-state index in [9.17, 15) is 0 Å². The van der Waals surface area contributed by atoms with E-state index in [1.807, 2.05) is 6.26 Å². The zero-order valence-electron chi connectivity index (χ0n) is 11.0. The van der Waals surface area contributed by atoms with Crippen molar-refractivity contribution in [2.24, 2.45) is 0 Å². The molecular formula is C14H25NO. The fourth-order valence-electron chi connectivity index (χ4n) is 1.62. The largest absolute Gasteiger partial charge is 0.494 e. The van der Waals surface area contributed by atoms with E-state index in [0.717, 1.165) is 25.8 Å². The second kappa shape index (κ2) is 6.09. The Bertz CT molecular complexity index is 260. The van der Waals surface area contributed by atoms with Crippen LogP contribution in [-0.4, -0.2) is 18.2 Å². The molecule has 0 aromatic rings. The molecule has 92 valence electrons. The van der Waals surface area contributed by atoms with Gasteiger partial charge in [0.15, 0.2) is 0 Å². The van der Waals surface area contributed by atoms with Crippen LogP contribution < -0.4 is 5.32 Å². The SMILES string of the molecule is CC/C(=C\C1CCC=CO1)CNC(C)(C)C. The van der Waals surface area contributed by atoms with Gasteiger partial charge in [-0.25, -0.2) is 0 Å². The lowest BCUT2D eigenvalue weighted by Gasteiger charge is -2.23. The second-order valence-electron chi connectivity index (χ2n) is 5.41. The van der Waals surface area contributed by atoms with Gasteiger partial charge in [0.25, 0.3) is 0 Å². The van der Waals surface area contributed by atoms with Gasteiger partial charge >= 0.3 is 0 Å². The van der Waals surface area contributed by atoms with Crippen molar-refractivity contribution >= 4 is 0 Å². The van der Waals surface area contributed by atoms with Gasteiger partial charge in [-0.1, -0.05) is 12.5 Å². The van der Waals surface area contributed by atoms with Gasteiger partial charge in [-0.05, 0) is 52.2 Å². The number of nitrogens with one attached hydrogen (secondary N) is 1. The monoisotopic (exact) mass is 223 g/mol. The number of allylic oxidation sites excluding steroid dienone is 1. The van der Waals surface area contributed by atoms with Crippen LogP contribution in [0.3, 0.4) is 0 Å². The normalized spacial score (nSPS) is 22.0. The summed E-state index contributed by atoms with van der Waals surface area (Å²) in [6.07, 6.45) is 9.80. The molecule has 0 saturated carbocycles. The third-order valence-electron chi connectivity index (χ3n) is 2.69. The van der Waals surface area contributed by atoms with E-state index in [-0.39, 0.29) is 11.6 Å². The van der Waals surface area contributed by atoms with Crippen molar-refractivity contribution in [3.8, 4) is 0 Å². The Morgan fingerprint density at radius 2 is 2.25 bits per heavy atom. The standard InChI is InChI=1S/C14H25NO/c1-5-12(11-15-14(2,3)4)10-13-8-6-7-9-16-13/h7,9-10,13,15H,5-6,8,11H2,1-4H3/b12-10+. The first-order chi connectivity index (χ1) is 7.51. The maximum Gasteiger partial charge on any atom is 0.117 e. The van der Waals surface area contributed by atoms with Crippen molar-refractivity contribution in [3.05, 3.63) is 24.0 Å². The van der Waals surface area contributed by atoms with E-state index in [4.69, 9.17) is 4.74 Å². The maximum absolute atomic E-state index is 5.56. The molecule has 2 heteroatoms. The molecule has 1 N–H and O–H groups in total. The van der Waals surface area contributed by atoms with Crippen molar-refractivity contribution in [1.82, 2.24) is 5.32 Å². The molecule has 0 radical (unpaired) electrons. The Balaban J connectivity index is 2.46. The molecule has 0 aromatic carbocycles. The lowest BCUT2D eigenvalue weighted by Crippen LogP contribution is -2.37. The maximum atomic E-state index is 5.56. The number of hydrogen-bond donors (Lipinski definition) is 1. The molecule has 0 saturated heterocycles. The van der Waals surface area contributed by atoms with E-state index in [1.165, 1.54) is 5.57 Å². The van der Waals surface area contributed by atoms with Crippen molar-refractivity contribution in [1.29, 1.82) is 0 Å². The van der Waals surface area contributed by atoms with E-state index in [1.54, 1.807) is 0 Å². The van der Waals surface area contributed by atoms with Crippen LogP contribution >= 0.6 is 0 Å². The van der Waals surface area contributed by atoms with Crippen LogP contribution in [0.25, 0.3) is 0 Å². The second-order valence-corrected chi connectivity index (χ2v) is 5.41. The fourth-order valence-corrected chi connectivity index (χ4v) is 1.62. The lowest BCUT2D eigenvalue weighted by atomic mass is 10.0. The summed E-state index contributed by atoms with van der Waals surface area (Å²) in [4.78, 5) is 0. The predicted molar refractivity (Wildman–Crippen MR) is 69.4 cm³/mol. The first-order valence-corrected chi connectivity index (χ1v) is 6.26. The molecule has 1 aliphatic rings. The van der Waals surface area contributed by atoms with Gasteiger partial charge in [0, 0.05) is 12.1 Å². The van der Waals surface area contributed by atoms with Crippen molar-refractivity contribution in [2.45, 2.75) is 58.6 Å². The molecule has 0 fully saturated rings. The van der Waals surface area contributed by atoms with Crippen LogP contribution in [0.1, 0.15) is 47.0 Å². The minimum Gasteiger partial charge on any atom is -0.494 e. The highest BCUT2D eigenvalue weighted by atomic mass is 16.5. The fraction of sp³-hybridized carbons (Fsp3) is 0.714. The molecule has 0 amide bonds. The molecule has 0 bridgehead atoms. The lowest BCUT2D eigenvalue weighted by molar-refractivity contribution is 0.164. The Labute approximate surface area is 99.8 Å². The summed E-state index contributed by atoms with van der Waals surface area (Å²) in [6.45, 7) is 9.75. The summed E-state index contributed by atoms with van der Waals surface area (Å²) in [7, 11) is 0. The van der Waals surface area contributed by atoms with E-state index in [2.05, 4.69) is 45.2 Å². The molecule has 0 aromatic heterocycles. The average molecular weight is 223 g/mol. The Hall–Kier alpha value is -0.760. The first-order valence-electron chi connectivity index (χ1n) is 6.26. The highest BCUT2D eigenvalue weighted by Gasteiger charge is 2.11. The third kappa shape index (κ3) is 5.36. The van der Waals surface area contributed by atoms with Crippen LogP contribution in [0.5, 0.6) is 0 Å². The number of ether oxygens (including phenoxy) is 1.